The Morgan fingerprint density at radius 3 is 2.92 bits per heavy atom. The zero-order valence-corrected chi connectivity index (χ0v) is 16.9. The number of para-hydroxylation sites is 1. The molecule has 1 aromatic carbocycles. The third-order valence-corrected chi connectivity index (χ3v) is 7.66. The molecule has 0 aromatic heterocycles. The van der Waals surface area contributed by atoms with E-state index in [-0.39, 0.29) is 41.4 Å². The summed E-state index contributed by atoms with van der Waals surface area (Å²) in [6.07, 6.45) is 5.61. The monoisotopic (exact) mass is 452 g/mol. The molecule has 5 heteroatoms. The van der Waals surface area contributed by atoms with Gasteiger partial charge in [0.25, 0.3) is 0 Å². The summed E-state index contributed by atoms with van der Waals surface area (Å²) < 4.78 is 1.08. The lowest BCUT2D eigenvalue weighted by molar-refractivity contribution is -0.924. The molecule has 25 heavy (non-hydrogen) atoms. The van der Waals surface area contributed by atoms with E-state index in [9.17, 15) is 9.90 Å². The van der Waals surface area contributed by atoms with Gasteiger partial charge >= 0.3 is 0 Å². The lowest BCUT2D eigenvalue weighted by atomic mass is 9.55. The number of phenols is 1. The van der Waals surface area contributed by atoms with Crippen molar-refractivity contribution in [3.8, 4) is 5.75 Å². The summed E-state index contributed by atoms with van der Waals surface area (Å²) in [5.41, 5.74) is 3.55. The molecule has 1 saturated carbocycles. The maximum Gasteiger partial charge on any atom is 0.138 e. The van der Waals surface area contributed by atoms with Crippen LogP contribution in [0.1, 0.15) is 25.3 Å². The number of fused-ring (bicyclic) bond motifs is 2. The average molecular weight is 452 g/mol. The Hall–Kier alpha value is -1.08. The SMILES string of the molecule is CC=C1C[N+]2(C)CCC34c5cccc(O)c5NC3C(C=O)C1CC42.[I-]. The lowest BCUT2D eigenvalue weighted by Crippen LogP contribution is -3.00. The number of hydrogen-bond acceptors (Lipinski definition) is 3. The van der Waals surface area contributed by atoms with Gasteiger partial charge in [0.15, 0.2) is 0 Å². The predicted molar refractivity (Wildman–Crippen MR) is 92.9 cm³/mol. The molecule has 3 heterocycles. The number of allylic oxidation sites excluding steroid dienone is 1. The Balaban J connectivity index is 0.00000157. The second kappa shape index (κ2) is 5.46. The number of halogens is 1. The van der Waals surface area contributed by atoms with Crippen LogP contribution in [0.3, 0.4) is 0 Å². The van der Waals surface area contributed by atoms with Crippen molar-refractivity contribution in [1.29, 1.82) is 0 Å². The molecule has 1 aliphatic carbocycles. The van der Waals surface area contributed by atoms with Gasteiger partial charge in [-0.2, -0.15) is 0 Å². The van der Waals surface area contributed by atoms with Crippen molar-refractivity contribution in [3.05, 3.63) is 35.4 Å². The molecule has 3 aliphatic heterocycles. The van der Waals surface area contributed by atoms with Crippen LogP contribution in [-0.4, -0.2) is 48.1 Å². The topological polar surface area (TPSA) is 49.3 Å². The molecule has 3 fully saturated rings. The maximum atomic E-state index is 12.1. The van der Waals surface area contributed by atoms with E-state index in [0.717, 1.165) is 36.1 Å². The van der Waals surface area contributed by atoms with Crippen LogP contribution in [0, 0.1) is 11.8 Å². The van der Waals surface area contributed by atoms with Crippen LogP contribution in [0.2, 0.25) is 0 Å². The number of nitrogens with one attached hydrogen (secondary N) is 1. The highest BCUT2D eigenvalue weighted by atomic mass is 127. The van der Waals surface area contributed by atoms with Crippen molar-refractivity contribution in [2.75, 3.05) is 25.5 Å². The molecular weight excluding hydrogens is 427 g/mol. The van der Waals surface area contributed by atoms with Gasteiger partial charge in [-0.1, -0.05) is 18.2 Å². The van der Waals surface area contributed by atoms with Gasteiger partial charge in [0.05, 0.1) is 30.7 Å². The molecule has 2 bridgehead atoms. The standard InChI is InChI=1S/C20H24N2O2.HI/c1-3-12-10-22(2)8-7-20-15-5-4-6-16(24)18(15)21-19(20)14(11-23)13(12)9-17(20)22;/h3-6,11,13-14,17,19,21H,7-10H2,1-2H3;1H. The summed E-state index contributed by atoms with van der Waals surface area (Å²) in [6.45, 7) is 4.33. The molecule has 0 amide bonds. The minimum atomic E-state index is -0.00975. The molecule has 1 spiro atoms. The minimum absolute atomic E-state index is 0. The normalized spacial score (nSPS) is 44.5. The van der Waals surface area contributed by atoms with E-state index in [1.165, 1.54) is 17.4 Å². The van der Waals surface area contributed by atoms with E-state index in [4.69, 9.17) is 0 Å². The summed E-state index contributed by atoms with van der Waals surface area (Å²) >= 11 is 0. The number of quaternary nitrogens is 1. The molecule has 1 aromatic rings. The van der Waals surface area contributed by atoms with Gasteiger partial charge in [0.2, 0.25) is 0 Å². The second-order valence-corrected chi connectivity index (χ2v) is 8.41. The van der Waals surface area contributed by atoms with Crippen molar-refractivity contribution in [2.45, 2.75) is 37.3 Å². The van der Waals surface area contributed by atoms with E-state index >= 15 is 0 Å². The van der Waals surface area contributed by atoms with E-state index in [1.54, 1.807) is 6.07 Å². The fourth-order valence-corrected chi connectivity index (χ4v) is 6.66. The number of aromatic hydroxyl groups is 1. The number of carbonyl (C=O) groups is 1. The summed E-state index contributed by atoms with van der Waals surface area (Å²) in [7, 11) is 2.39. The van der Waals surface area contributed by atoms with E-state index in [0.29, 0.717) is 17.7 Å². The van der Waals surface area contributed by atoms with Gasteiger partial charge in [0, 0.05) is 24.7 Å². The van der Waals surface area contributed by atoms with Gasteiger partial charge in [-0.15, -0.1) is 0 Å². The number of hydrogen-bond donors (Lipinski definition) is 2. The predicted octanol–water partition coefficient (Wildman–Crippen LogP) is -0.558. The van der Waals surface area contributed by atoms with Crippen molar-refractivity contribution in [2.24, 2.45) is 11.8 Å². The molecule has 2 saturated heterocycles. The Morgan fingerprint density at radius 1 is 1.40 bits per heavy atom. The Morgan fingerprint density at radius 2 is 2.20 bits per heavy atom. The van der Waals surface area contributed by atoms with E-state index < -0.39 is 0 Å². The number of phenolic OH excluding ortho intramolecular Hbond substituents is 1. The number of anilines is 1. The first-order valence-corrected chi connectivity index (χ1v) is 9.09. The molecule has 2 N–H and O–H groups in total. The molecular formula is C20H25IN2O2. The fraction of sp³-hybridized carbons (Fsp3) is 0.550. The summed E-state index contributed by atoms with van der Waals surface area (Å²) in [5.74, 6) is 0.665. The van der Waals surface area contributed by atoms with Gasteiger partial charge in [-0.05, 0) is 24.1 Å². The van der Waals surface area contributed by atoms with Crippen molar-refractivity contribution >= 4 is 12.0 Å². The van der Waals surface area contributed by atoms with Crippen LogP contribution >= 0.6 is 0 Å². The number of likely N-dealkylation sites (N-methyl/N-ethyl adjacent to an activating group) is 1. The number of aldehydes is 1. The number of nitrogens with zero attached hydrogens (tertiary/aromatic N) is 1. The fourth-order valence-electron chi connectivity index (χ4n) is 6.66. The van der Waals surface area contributed by atoms with Crippen molar-refractivity contribution in [1.82, 2.24) is 0 Å². The zero-order valence-electron chi connectivity index (χ0n) is 14.7. The number of rotatable bonds is 1. The summed E-state index contributed by atoms with van der Waals surface area (Å²) in [5, 5.41) is 14.0. The number of benzene rings is 1. The summed E-state index contributed by atoms with van der Waals surface area (Å²) in [6, 6.07) is 6.52. The van der Waals surface area contributed by atoms with Gasteiger partial charge in [-0.25, -0.2) is 0 Å². The highest BCUT2D eigenvalue weighted by molar-refractivity contribution is 5.74. The lowest BCUT2D eigenvalue weighted by Gasteiger charge is -2.55. The van der Waals surface area contributed by atoms with E-state index in [1.807, 2.05) is 6.07 Å². The molecule has 6 unspecified atom stereocenters. The highest BCUT2D eigenvalue weighted by Crippen LogP contribution is 2.63. The zero-order chi connectivity index (χ0) is 16.7. The first-order valence-electron chi connectivity index (χ1n) is 9.09. The largest absolute Gasteiger partial charge is 1.00 e. The van der Waals surface area contributed by atoms with Gasteiger partial charge in [-0.3, -0.25) is 0 Å². The Labute approximate surface area is 165 Å². The average Bonchev–Trinajstić information content (AvgIpc) is 3.09. The molecule has 0 radical (unpaired) electrons. The first kappa shape index (κ1) is 17.3. The molecule has 134 valence electrons. The van der Waals surface area contributed by atoms with Gasteiger partial charge < -0.3 is 43.7 Å². The highest BCUT2D eigenvalue weighted by Gasteiger charge is 2.71. The molecule has 4 aliphatic rings. The van der Waals surface area contributed by atoms with Crippen LogP contribution in [-0.2, 0) is 10.2 Å². The molecule has 5 rings (SSSR count). The van der Waals surface area contributed by atoms with Crippen LogP contribution in [0.15, 0.2) is 29.8 Å². The van der Waals surface area contributed by atoms with Crippen LogP contribution < -0.4 is 29.3 Å². The van der Waals surface area contributed by atoms with Gasteiger partial charge in [0.1, 0.15) is 24.6 Å². The first-order chi connectivity index (χ1) is 11.5. The maximum absolute atomic E-state index is 12.1. The summed E-state index contributed by atoms with van der Waals surface area (Å²) in [4.78, 5) is 12.1. The molecule has 6 atom stereocenters. The minimum Gasteiger partial charge on any atom is -1.00 e. The molecule has 4 nitrogen and oxygen atoms in total. The smallest absolute Gasteiger partial charge is 0.138 e. The second-order valence-electron chi connectivity index (χ2n) is 8.41. The third kappa shape index (κ3) is 1.89. The van der Waals surface area contributed by atoms with Crippen molar-refractivity contribution < 1.29 is 38.4 Å². The van der Waals surface area contributed by atoms with Crippen LogP contribution in [0.4, 0.5) is 5.69 Å². The van der Waals surface area contributed by atoms with E-state index in [2.05, 4.69) is 31.4 Å². The number of piperidine rings is 1. The quantitative estimate of drug-likeness (QED) is 0.198. The third-order valence-electron chi connectivity index (χ3n) is 7.66. The van der Waals surface area contributed by atoms with Crippen molar-refractivity contribution in [3.63, 3.8) is 0 Å². The van der Waals surface area contributed by atoms with Crippen LogP contribution in [0.5, 0.6) is 5.75 Å². The Kier molecular flexibility index (Phi) is 3.79. The Bertz CT molecular complexity index is 779. The number of carbonyl (C=O) groups excluding carboxylic acids is 1. The van der Waals surface area contributed by atoms with Crippen LogP contribution in [0.25, 0.3) is 0 Å².